The summed E-state index contributed by atoms with van der Waals surface area (Å²) in [7, 11) is 0. The van der Waals surface area contributed by atoms with Crippen LogP contribution in [0.2, 0.25) is 0 Å². The molecule has 4 heterocycles. The predicted octanol–water partition coefficient (Wildman–Crippen LogP) is 1.20. The second-order valence-corrected chi connectivity index (χ2v) is 9.36. The first-order valence-corrected chi connectivity index (χ1v) is 11.0. The van der Waals surface area contributed by atoms with Gasteiger partial charge in [-0.2, -0.15) is 4.68 Å². The van der Waals surface area contributed by atoms with E-state index in [0.29, 0.717) is 11.7 Å². The number of carbonyl (C=O) groups excluding carboxylic acids is 2. The van der Waals surface area contributed by atoms with E-state index in [4.69, 9.17) is 4.74 Å². The van der Waals surface area contributed by atoms with Crippen molar-refractivity contribution in [2.45, 2.75) is 57.7 Å². The van der Waals surface area contributed by atoms with Crippen LogP contribution in [0.3, 0.4) is 0 Å². The van der Waals surface area contributed by atoms with Crippen LogP contribution in [0.5, 0.6) is 0 Å². The number of aromatic nitrogens is 5. The van der Waals surface area contributed by atoms with Crippen LogP contribution in [-0.4, -0.2) is 60.7 Å². The van der Waals surface area contributed by atoms with E-state index >= 15 is 0 Å². The summed E-state index contributed by atoms with van der Waals surface area (Å²) in [5.74, 6) is -0.197. The molecule has 2 aromatic heterocycles. The second-order valence-electron chi connectivity index (χ2n) is 8.27. The minimum absolute atomic E-state index is 0.102. The molecule has 0 bridgehead atoms. The summed E-state index contributed by atoms with van der Waals surface area (Å²) in [5.41, 5.74) is 0.403. The number of hydrogen-bond donors (Lipinski definition) is 1. The van der Waals surface area contributed by atoms with Gasteiger partial charge in [0.15, 0.2) is 0 Å². The van der Waals surface area contributed by atoms with Crippen molar-refractivity contribution in [1.29, 1.82) is 0 Å². The molecule has 1 aliphatic carbocycles. The molecule has 2 fully saturated rings. The molecule has 30 heavy (non-hydrogen) atoms. The lowest BCUT2D eigenvalue weighted by Gasteiger charge is -2.36. The average molecular weight is 430 g/mol. The van der Waals surface area contributed by atoms with E-state index in [9.17, 15) is 9.59 Å². The number of nitrogens with one attached hydrogen (secondary N) is 1. The molecule has 3 aliphatic rings. The molecule has 2 aliphatic heterocycles. The fourth-order valence-electron chi connectivity index (χ4n) is 4.89. The number of carbonyl (C=O) groups is 2. The minimum atomic E-state index is -0.356. The molecule has 2 aromatic rings. The highest BCUT2D eigenvalue weighted by molar-refractivity contribution is 7.14. The van der Waals surface area contributed by atoms with Gasteiger partial charge in [0.2, 0.25) is 11.0 Å². The van der Waals surface area contributed by atoms with Gasteiger partial charge in [-0.3, -0.25) is 4.79 Å². The molecule has 1 spiro atoms. The Hall–Kier alpha value is -2.66. The Morgan fingerprint density at radius 1 is 1.33 bits per heavy atom. The van der Waals surface area contributed by atoms with Crippen LogP contribution < -0.4 is 5.32 Å². The maximum Gasteiger partial charge on any atom is 0.333 e. The van der Waals surface area contributed by atoms with E-state index in [2.05, 4.69) is 32.7 Å². The van der Waals surface area contributed by atoms with Crippen molar-refractivity contribution in [3.63, 3.8) is 0 Å². The summed E-state index contributed by atoms with van der Waals surface area (Å²) in [6.45, 7) is 3.00. The topological polar surface area (TPSA) is 115 Å². The van der Waals surface area contributed by atoms with Gasteiger partial charge in [0.25, 0.3) is 0 Å². The Labute approximate surface area is 177 Å². The second kappa shape index (κ2) is 7.55. The van der Waals surface area contributed by atoms with Gasteiger partial charge in [-0.1, -0.05) is 11.3 Å². The van der Waals surface area contributed by atoms with E-state index in [1.807, 2.05) is 6.20 Å². The van der Waals surface area contributed by atoms with Crippen molar-refractivity contribution in [3.8, 4) is 5.13 Å². The number of tetrazole rings is 1. The highest BCUT2D eigenvalue weighted by Crippen LogP contribution is 2.48. The number of nitrogens with zero attached hydrogens (tertiary/aromatic N) is 6. The molecule has 1 atom stereocenters. The normalized spacial score (nSPS) is 29.0. The van der Waals surface area contributed by atoms with Crippen LogP contribution in [0, 0.1) is 5.41 Å². The molecule has 0 unspecified atom stereocenters. The zero-order valence-corrected chi connectivity index (χ0v) is 17.5. The van der Waals surface area contributed by atoms with Crippen molar-refractivity contribution in [3.05, 3.63) is 29.2 Å². The third-order valence-electron chi connectivity index (χ3n) is 6.35. The summed E-state index contributed by atoms with van der Waals surface area (Å²) in [4.78, 5) is 32.0. The van der Waals surface area contributed by atoms with Crippen molar-refractivity contribution in [2.75, 3.05) is 6.61 Å². The minimum Gasteiger partial charge on any atom is -0.456 e. The molecule has 1 saturated heterocycles. The van der Waals surface area contributed by atoms with E-state index in [0.717, 1.165) is 48.7 Å². The van der Waals surface area contributed by atoms with Crippen LogP contribution >= 0.6 is 11.3 Å². The first kappa shape index (κ1) is 19.3. The molecule has 0 aromatic carbocycles. The number of hydrogen-bond acceptors (Lipinski definition) is 9. The smallest absolute Gasteiger partial charge is 0.333 e. The molecule has 1 N–H and O–H groups in total. The number of cyclic esters (lactones) is 1. The maximum atomic E-state index is 13.3. The van der Waals surface area contributed by atoms with Gasteiger partial charge in [-0.05, 0) is 49.5 Å². The molecule has 11 heteroatoms. The Morgan fingerprint density at radius 2 is 2.17 bits per heavy atom. The molecule has 10 nitrogen and oxygen atoms in total. The Balaban J connectivity index is 1.17. The fourth-order valence-corrected chi connectivity index (χ4v) is 5.67. The number of rotatable bonds is 5. The number of likely N-dealkylation sites (tertiary alicyclic amines) is 1. The third-order valence-corrected chi connectivity index (χ3v) is 7.34. The van der Waals surface area contributed by atoms with Crippen LogP contribution in [0.25, 0.3) is 5.13 Å². The predicted molar refractivity (Wildman–Crippen MR) is 106 cm³/mol. The molecular weight excluding hydrogens is 406 g/mol. The van der Waals surface area contributed by atoms with E-state index in [1.54, 1.807) is 20.9 Å². The lowest BCUT2D eigenvalue weighted by Crippen LogP contribution is -2.42. The molecule has 1 saturated carbocycles. The number of ether oxygens (including phenoxy) is 1. The van der Waals surface area contributed by atoms with E-state index < -0.39 is 0 Å². The molecule has 158 valence electrons. The maximum absolute atomic E-state index is 13.3. The monoisotopic (exact) mass is 429 g/mol. The molecule has 1 amide bonds. The fraction of sp³-hybridized carbons (Fsp3) is 0.579. The molecule has 5 rings (SSSR count). The highest BCUT2D eigenvalue weighted by Gasteiger charge is 2.52. The Kier molecular flexibility index (Phi) is 4.86. The first-order valence-electron chi connectivity index (χ1n) is 10.2. The number of thiazole rings is 1. The zero-order valence-electron chi connectivity index (χ0n) is 16.7. The van der Waals surface area contributed by atoms with Crippen molar-refractivity contribution in [1.82, 2.24) is 35.4 Å². The van der Waals surface area contributed by atoms with Crippen LogP contribution in [0.4, 0.5) is 0 Å². The molecular formula is C19H23N7O3S. The Bertz CT molecular complexity index is 978. The average Bonchev–Trinajstić information content (AvgIpc) is 3.51. The van der Waals surface area contributed by atoms with E-state index in [1.165, 1.54) is 12.4 Å². The van der Waals surface area contributed by atoms with Crippen molar-refractivity contribution >= 4 is 23.2 Å². The molecule has 0 radical (unpaired) electrons. The Morgan fingerprint density at radius 3 is 2.87 bits per heavy atom. The summed E-state index contributed by atoms with van der Waals surface area (Å²) in [6, 6.07) is 0.478. The third kappa shape index (κ3) is 3.41. The zero-order chi connectivity index (χ0) is 20.7. The van der Waals surface area contributed by atoms with Gasteiger partial charge in [0.05, 0.1) is 11.1 Å². The summed E-state index contributed by atoms with van der Waals surface area (Å²) >= 11 is 1.55. The van der Waals surface area contributed by atoms with Gasteiger partial charge in [0.1, 0.15) is 12.9 Å². The number of esters is 1. The van der Waals surface area contributed by atoms with Crippen LogP contribution in [0.15, 0.2) is 24.3 Å². The van der Waals surface area contributed by atoms with Gasteiger partial charge < -0.3 is 15.0 Å². The van der Waals surface area contributed by atoms with Crippen molar-refractivity contribution < 1.29 is 14.3 Å². The van der Waals surface area contributed by atoms with Crippen molar-refractivity contribution in [2.24, 2.45) is 5.41 Å². The highest BCUT2D eigenvalue weighted by atomic mass is 32.1. The SMILES string of the molecule is C[C@@H]1CC2(CCC(NCc3cnc(-n4cnnn4)s3)CC2)C(=O)N1C1=CC(=O)OC1. The standard InChI is InChI=1S/C19H23N7O3S/c1-12-7-19(17(28)26(12)14-6-16(27)29-10-14)4-2-13(3-5-19)20-8-15-9-21-18(30-15)25-11-22-23-24-25/h6,9,11-13,20H,2-5,7-8,10H2,1H3/t12-,13?,19?/m1/s1. The first-order chi connectivity index (χ1) is 14.5. The van der Waals surface area contributed by atoms with Crippen LogP contribution in [-0.2, 0) is 20.9 Å². The summed E-state index contributed by atoms with van der Waals surface area (Å²) in [5, 5.41) is 15.5. The van der Waals surface area contributed by atoms with Gasteiger partial charge in [-0.15, -0.1) is 5.10 Å². The number of amides is 1. The van der Waals surface area contributed by atoms with Crippen LogP contribution in [0.1, 0.15) is 43.9 Å². The summed E-state index contributed by atoms with van der Waals surface area (Å²) < 4.78 is 6.57. The lowest BCUT2D eigenvalue weighted by molar-refractivity contribution is -0.138. The summed E-state index contributed by atoms with van der Waals surface area (Å²) in [6.07, 6.45) is 9.32. The lowest BCUT2D eigenvalue weighted by atomic mass is 9.70. The van der Waals surface area contributed by atoms with Gasteiger partial charge in [-0.25, -0.2) is 9.78 Å². The quantitative estimate of drug-likeness (QED) is 0.705. The largest absolute Gasteiger partial charge is 0.456 e. The van der Waals surface area contributed by atoms with Gasteiger partial charge in [0, 0.05) is 35.8 Å². The van der Waals surface area contributed by atoms with Gasteiger partial charge >= 0.3 is 5.97 Å². The van der Waals surface area contributed by atoms with E-state index in [-0.39, 0.29) is 29.9 Å².